The van der Waals surface area contributed by atoms with Gasteiger partial charge in [0.05, 0.1) is 13.2 Å². The number of carbonyl (C=O) groups excluding carboxylic acids is 2. The van der Waals surface area contributed by atoms with Crippen LogP contribution in [0.4, 0.5) is 11.4 Å². The van der Waals surface area contributed by atoms with Gasteiger partial charge in [0.15, 0.2) is 0 Å². The highest BCUT2D eigenvalue weighted by Crippen LogP contribution is 2.16. The highest BCUT2D eigenvalue weighted by molar-refractivity contribution is 5.96. The van der Waals surface area contributed by atoms with Crippen LogP contribution in [-0.4, -0.2) is 31.5 Å². The Kier molecular flexibility index (Phi) is 9.55. The molecule has 2 aromatic rings. The number of ether oxygens (including phenoxy) is 1. The highest BCUT2D eigenvalue weighted by Gasteiger charge is 2.06. The van der Waals surface area contributed by atoms with E-state index in [-0.39, 0.29) is 18.4 Å². The molecule has 0 fully saturated rings. The molecule has 6 heteroatoms. The smallest absolute Gasteiger partial charge is 0.251 e. The number of anilines is 2. The number of carbonyl (C=O) groups is 2. The van der Waals surface area contributed by atoms with Gasteiger partial charge in [-0.3, -0.25) is 9.59 Å². The van der Waals surface area contributed by atoms with Gasteiger partial charge < -0.3 is 20.7 Å². The Morgan fingerprint density at radius 3 is 2.21 bits per heavy atom. The van der Waals surface area contributed by atoms with Crippen molar-refractivity contribution < 1.29 is 14.3 Å². The largest absolute Gasteiger partial charge is 0.494 e. The first-order valence-corrected chi connectivity index (χ1v) is 10.3. The van der Waals surface area contributed by atoms with Crippen LogP contribution in [0.1, 0.15) is 49.9 Å². The summed E-state index contributed by atoms with van der Waals surface area (Å²) in [4.78, 5) is 23.9. The van der Waals surface area contributed by atoms with E-state index in [2.05, 4.69) is 22.9 Å². The lowest BCUT2D eigenvalue weighted by Crippen LogP contribution is -2.23. The third-order valence-corrected chi connectivity index (χ3v) is 4.34. The number of hydrogen-bond donors (Lipinski definition) is 3. The third-order valence-electron chi connectivity index (χ3n) is 4.34. The summed E-state index contributed by atoms with van der Waals surface area (Å²) < 4.78 is 5.72. The molecule has 0 spiro atoms. The fraction of sp³-hybridized carbons (Fsp3) is 0.391. The maximum absolute atomic E-state index is 12.1. The van der Waals surface area contributed by atoms with Crippen LogP contribution >= 0.6 is 0 Å². The second-order valence-corrected chi connectivity index (χ2v) is 6.77. The minimum atomic E-state index is -0.160. The molecule has 0 radical (unpaired) electrons. The maximum atomic E-state index is 12.1. The third kappa shape index (κ3) is 8.25. The molecule has 3 N–H and O–H groups in total. The number of unbranched alkanes of at least 4 members (excludes halogenated alkanes) is 3. The summed E-state index contributed by atoms with van der Waals surface area (Å²) >= 11 is 0. The van der Waals surface area contributed by atoms with Crippen LogP contribution in [0, 0.1) is 0 Å². The zero-order valence-electron chi connectivity index (χ0n) is 17.3. The molecule has 0 atom stereocenters. The lowest BCUT2D eigenvalue weighted by molar-refractivity contribution is -0.114. The summed E-state index contributed by atoms with van der Waals surface area (Å²) in [5.74, 6) is 0.552. The first-order chi connectivity index (χ1) is 14.1. The predicted molar refractivity (Wildman–Crippen MR) is 118 cm³/mol. The van der Waals surface area contributed by atoms with Crippen molar-refractivity contribution in [1.82, 2.24) is 5.32 Å². The van der Waals surface area contributed by atoms with Crippen molar-refractivity contribution in [2.24, 2.45) is 0 Å². The zero-order chi connectivity index (χ0) is 20.9. The van der Waals surface area contributed by atoms with E-state index in [9.17, 15) is 9.59 Å². The number of benzene rings is 2. The summed E-state index contributed by atoms with van der Waals surface area (Å²) in [6, 6.07) is 14.4. The predicted octanol–water partition coefficient (Wildman–Crippen LogP) is 4.45. The molecule has 156 valence electrons. The average molecular weight is 398 g/mol. The molecule has 0 heterocycles. The zero-order valence-corrected chi connectivity index (χ0v) is 17.3. The second-order valence-electron chi connectivity index (χ2n) is 6.77. The highest BCUT2D eigenvalue weighted by atomic mass is 16.5. The number of rotatable bonds is 12. The van der Waals surface area contributed by atoms with E-state index in [4.69, 9.17) is 4.74 Å². The van der Waals surface area contributed by atoms with Gasteiger partial charge in [-0.05, 0) is 61.9 Å². The summed E-state index contributed by atoms with van der Waals surface area (Å²) in [6.07, 6.45) is 4.72. The van der Waals surface area contributed by atoms with Gasteiger partial charge in [-0.2, -0.15) is 0 Å². The summed E-state index contributed by atoms with van der Waals surface area (Å²) in [6.45, 7) is 5.52. The minimum Gasteiger partial charge on any atom is -0.494 e. The fourth-order valence-electron chi connectivity index (χ4n) is 2.74. The van der Waals surface area contributed by atoms with Gasteiger partial charge in [0.2, 0.25) is 5.91 Å². The molecule has 0 saturated carbocycles. The minimum absolute atomic E-state index is 0.125. The first-order valence-electron chi connectivity index (χ1n) is 10.3. The van der Waals surface area contributed by atoms with Gasteiger partial charge >= 0.3 is 0 Å². The Bertz CT molecular complexity index is 758. The van der Waals surface area contributed by atoms with Crippen LogP contribution in [0.25, 0.3) is 0 Å². The van der Waals surface area contributed by atoms with Crippen molar-refractivity contribution >= 4 is 23.2 Å². The van der Waals surface area contributed by atoms with E-state index in [1.807, 2.05) is 31.2 Å². The maximum Gasteiger partial charge on any atom is 0.251 e. The van der Waals surface area contributed by atoms with E-state index in [0.29, 0.717) is 17.8 Å². The number of nitrogens with one attached hydrogen (secondary N) is 3. The van der Waals surface area contributed by atoms with E-state index >= 15 is 0 Å². The first kappa shape index (κ1) is 22.3. The van der Waals surface area contributed by atoms with Crippen LogP contribution in [0.3, 0.4) is 0 Å². The van der Waals surface area contributed by atoms with Crippen molar-refractivity contribution in [2.45, 2.75) is 39.5 Å². The Hall–Kier alpha value is -3.02. The van der Waals surface area contributed by atoms with Crippen LogP contribution in [0.5, 0.6) is 5.75 Å². The number of amides is 2. The number of hydrogen-bond acceptors (Lipinski definition) is 4. The molecule has 2 rings (SSSR count). The Balaban J connectivity index is 1.72. The Morgan fingerprint density at radius 2 is 1.55 bits per heavy atom. The molecule has 0 aromatic heterocycles. The lowest BCUT2D eigenvalue weighted by Gasteiger charge is -2.10. The Morgan fingerprint density at radius 1 is 0.862 bits per heavy atom. The monoisotopic (exact) mass is 397 g/mol. The molecule has 2 aromatic carbocycles. The van der Waals surface area contributed by atoms with Crippen LogP contribution in [0.15, 0.2) is 48.5 Å². The van der Waals surface area contributed by atoms with Crippen LogP contribution < -0.4 is 20.7 Å². The lowest BCUT2D eigenvalue weighted by atomic mass is 10.2. The van der Waals surface area contributed by atoms with E-state index in [1.165, 1.54) is 19.3 Å². The van der Waals surface area contributed by atoms with E-state index < -0.39 is 0 Å². The van der Waals surface area contributed by atoms with Gasteiger partial charge in [0, 0.05) is 23.5 Å². The van der Waals surface area contributed by atoms with Crippen molar-refractivity contribution in [2.75, 3.05) is 30.3 Å². The van der Waals surface area contributed by atoms with E-state index in [0.717, 1.165) is 24.5 Å². The molecule has 2 amide bonds. The molecule has 0 aliphatic heterocycles. The van der Waals surface area contributed by atoms with Gasteiger partial charge in [-0.15, -0.1) is 0 Å². The van der Waals surface area contributed by atoms with Gasteiger partial charge in [0.25, 0.3) is 5.91 Å². The van der Waals surface area contributed by atoms with Crippen molar-refractivity contribution in [3.05, 3.63) is 54.1 Å². The van der Waals surface area contributed by atoms with Crippen molar-refractivity contribution in [3.63, 3.8) is 0 Å². The molecule has 29 heavy (non-hydrogen) atoms. The van der Waals surface area contributed by atoms with Crippen molar-refractivity contribution in [1.29, 1.82) is 0 Å². The van der Waals surface area contributed by atoms with E-state index in [1.54, 1.807) is 24.3 Å². The molecular weight excluding hydrogens is 366 g/mol. The summed E-state index contributed by atoms with van der Waals surface area (Å²) in [5, 5.41) is 8.64. The fourth-order valence-corrected chi connectivity index (χ4v) is 2.74. The summed E-state index contributed by atoms with van der Waals surface area (Å²) in [5.41, 5.74) is 2.07. The molecule has 0 aliphatic carbocycles. The Labute approximate surface area is 173 Å². The molecule has 6 nitrogen and oxygen atoms in total. The molecule has 0 bridgehead atoms. The van der Waals surface area contributed by atoms with Gasteiger partial charge in [-0.25, -0.2) is 0 Å². The standard InChI is InChI=1S/C23H31N3O3/c1-3-5-6-7-16-29-21-14-12-19(13-15-21)25-17-22(27)26-20-10-8-18(9-11-20)23(28)24-4-2/h8-15,25H,3-7,16-17H2,1-2H3,(H,24,28)(H,26,27). The van der Waals surface area contributed by atoms with Gasteiger partial charge in [0.1, 0.15) is 5.75 Å². The SMILES string of the molecule is CCCCCCOc1ccc(NCC(=O)Nc2ccc(C(=O)NCC)cc2)cc1. The second kappa shape index (κ2) is 12.4. The van der Waals surface area contributed by atoms with Gasteiger partial charge in [-0.1, -0.05) is 26.2 Å². The molecular formula is C23H31N3O3. The molecule has 0 aliphatic rings. The molecule has 0 saturated heterocycles. The van der Waals surface area contributed by atoms with Crippen molar-refractivity contribution in [3.8, 4) is 5.75 Å². The summed E-state index contributed by atoms with van der Waals surface area (Å²) in [7, 11) is 0. The van der Waals surface area contributed by atoms with Crippen LogP contribution in [0.2, 0.25) is 0 Å². The quantitative estimate of drug-likeness (QED) is 0.463. The molecule has 0 unspecified atom stereocenters. The van der Waals surface area contributed by atoms with Crippen LogP contribution in [-0.2, 0) is 4.79 Å². The topological polar surface area (TPSA) is 79.5 Å². The normalized spacial score (nSPS) is 10.3. The average Bonchev–Trinajstić information content (AvgIpc) is 2.73.